The summed E-state index contributed by atoms with van der Waals surface area (Å²) in [5.74, 6) is 1.85. The van der Waals surface area contributed by atoms with Gasteiger partial charge in [-0.2, -0.15) is 0 Å². The summed E-state index contributed by atoms with van der Waals surface area (Å²) in [6.07, 6.45) is 7.28. The highest BCUT2D eigenvalue weighted by atomic mass is 16.6. The van der Waals surface area contributed by atoms with Gasteiger partial charge in [-0.1, -0.05) is 78.9 Å². The van der Waals surface area contributed by atoms with Gasteiger partial charge in [0.05, 0.1) is 42.4 Å². The van der Waals surface area contributed by atoms with E-state index in [9.17, 15) is 9.59 Å². The molecular formula is C43H44N6O3. The highest BCUT2D eigenvalue weighted by Gasteiger charge is 2.35. The highest BCUT2D eigenvalue weighted by Crippen LogP contribution is 2.35. The normalized spacial score (nSPS) is 17.9. The Labute approximate surface area is 304 Å². The number of likely N-dealkylation sites (tertiary alicyclic amines) is 2. The number of nitrogens with zero attached hydrogens (tertiary/aromatic N) is 4. The summed E-state index contributed by atoms with van der Waals surface area (Å²) in [4.78, 5) is 46.3. The number of rotatable bonds is 8. The first-order valence-electron chi connectivity index (χ1n) is 18.3. The summed E-state index contributed by atoms with van der Waals surface area (Å²) in [7, 11) is 0. The lowest BCUT2D eigenvalue weighted by molar-refractivity contribution is 0.0218. The fourth-order valence-electron chi connectivity index (χ4n) is 7.56. The Morgan fingerprint density at radius 1 is 0.712 bits per heavy atom. The number of carbonyl (C=O) groups is 2. The molecule has 264 valence electrons. The van der Waals surface area contributed by atoms with Crippen LogP contribution in [0.5, 0.6) is 0 Å². The number of benzene rings is 4. The fraction of sp³-hybridized carbons (Fsp3) is 0.302. The molecule has 6 aromatic rings. The monoisotopic (exact) mass is 692 g/mol. The van der Waals surface area contributed by atoms with Crippen LogP contribution < -0.4 is 0 Å². The van der Waals surface area contributed by atoms with Crippen LogP contribution >= 0.6 is 0 Å². The van der Waals surface area contributed by atoms with Crippen molar-refractivity contribution in [3.8, 4) is 33.6 Å². The molecule has 2 atom stereocenters. The molecule has 8 rings (SSSR count). The zero-order valence-corrected chi connectivity index (χ0v) is 29.9. The van der Waals surface area contributed by atoms with E-state index in [0.717, 1.165) is 93.9 Å². The van der Waals surface area contributed by atoms with E-state index in [1.165, 1.54) is 0 Å². The molecule has 52 heavy (non-hydrogen) atoms. The maximum Gasteiger partial charge on any atom is 0.410 e. The first kappa shape index (κ1) is 33.6. The molecule has 9 nitrogen and oxygen atoms in total. The molecule has 2 saturated heterocycles. The third-order valence-corrected chi connectivity index (χ3v) is 10.2. The van der Waals surface area contributed by atoms with Crippen LogP contribution in [0.4, 0.5) is 4.79 Å². The molecule has 2 fully saturated rings. The lowest BCUT2D eigenvalue weighted by Gasteiger charge is -2.27. The third-order valence-electron chi connectivity index (χ3n) is 10.2. The minimum absolute atomic E-state index is 0.107. The van der Waals surface area contributed by atoms with Crippen LogP contribution in [0.25, 0.3) is 44.4 Å². The second-order valence-electron chi connectivity index (χ2n) is 15.0. The van der Waals surface area contributed by atoms with Crippen molar-refractivity contribution in [2.75, 3.05) is 19.6 Å². The van der Waals surface area contributed by atoms with Crippen LogP contribution in [0.2, 0.25) is 0 Å². The molecule has 0 saturated carbocycles. The first-order valence-corrected chi connectivity index (χ1v) is 18.3. The van der Waals surface area contributed by atoms with Gasteiger partial charge in [-0.15, -0.1) is 0 Å². The molecule has 0 unspecified atom stereocenters. The number of nitrogens with one attached hydrogen (secondary N) is 2. The minimum atomic E-state index is -0.538. The largest absolute Gasteiger partial charge is 0.444 e. The number of aromatic amines is 2. The number of H-pyrrole nitrogens is 2. The zero-order valence-electron chi connectivity index (χ0n) is 29.9. The Kier molecular flexibility index (Phi) is 8.97. The van der Waals surface area contributed by atoms with Crippen LogP contribution in [-0.4, -0.2) is 66.8 Å². The maximum absolute atomic E-state index is 12.9. The average molecular weight is 693 g/mol. The SMILES string of the molecule is CC(C)(C)OC(=O)N1CCC[C@H]1c1ncc(-c2ccc3cc(-c4ccc(-c5cnc([C@@H]6CCCN6CC(=O)c6ccccc6)[nH]5)cc4)ccc3c2)[nH]1. The number of hydrogen-bond acceptors (Lipinski definition) is 6. The number of ether oxygens (including phenoxy) is 1. The predicted molar refractivity (Wildman–Crippen MR) is 204 cm³/mol. The summed E-state index contributed by atoms with van der Waals surface area (Å²) in [5.41, 5.74) is 6.52. The Morgan fingerprint density at radius 3 is 2.00 bits per heavy atom. The molecular weight excluding hydrogens is 649 g/mol. The van der Waals surface area contributed by atoms with E-state index in [2.05, 4.69) is 80.5 Å². The smallest absolute Gasteiger partial charge is 0.410 e. The lowest BCUT2D eigenvalue weighted by atomic mass is 9.98. The maximum atomic E-state index is 12.9. The summed E-state index contributed by atoms with van der Waals surface area (Å²) in [6.45, 7) is 7.62. The van der Waals surface area contributed by atoms with Crippen molar-refractivity contribution >= 4 is 22.6 Å². The molecule has 4 heterocycles. The van der Waals surface area contributed by atoms with Crippen LogP contribution in [0.15, 0.2) is 103 Å². The van der Waals surface area contributed by atoms with Gasteiger partial charge in [0.25, 0.3) is 0 Å². The summed E-state index contributed by atoms with van der Waals surface area (Å²) >= 11 is 0. The second kappa shape index (κ2) is 13.9. The van der Waals surface area contributed by atoms with Crippen LogP contribution in [0.3, 0.4) is 0 Å². The molecule has 0 aliphatic carbocycles. The number of fused-ring (bicyclic) bond motifs is 1. The summed E-state index contributed by atoms with van der Waals surface area (Å²) in [6, 6.07) is 31.1. The van der Waals surface area contributed by atoms with Gasteiger partial charge < -0.3 is 14.7 Å². The number of hydrogen-bond donors (Lipinski definition) is 2. The van der Waals surface area contributed by atoms with E-state index in [4.69, 9.17) is 9.72 Å². The Morgan fingerprint density at radius 2 is 1.29 bits per heavy atom. The lowest BCUT2D eigenvalue weighted by Crippen LogP contribution is -2.36. The molecule has 2 aliphatic rings. The summed E-state index contributed by atoms with van der Waals surface area (Å²) < 4.78 is 5.65. The third kappa shape index (κ3) is 7.01. The van der Waals surface area contributed by atoms with Gasteiger partial charge in [0.1, 0.15) is 17.2 Å². The van der Waals surface area contributed by atoms with Crippen molar-refractivity contribution < 1.29 is 14.3 Å². The number of aromatic nitrogens is 4. The van der Waals surface area contributed by atoms with Gasteiger partial charge in [0.15, 0.2) is 5.78 Å². The van der Waals surface area contributed by atoms with E-state index in [-0.39, 0.29) is 24.0 Å². The number of carbonyl (C=O) groups excluding carboxylic acids is 2. The van der Waals surface area contributed by atoms with Crippen LogP contribution in [-0.2, 0) is 4.74 Å². The van der Waals surface area contributed by atoms with E-state index in [1.54, 1.807) is 4.90 Å². The highest BCUT2D eigenvalue weighted by molar-refractivity contribution is 5.97. The van der Waals surface area contributed by atoms with Gasteiger partial charge in [-0.3, -0.25) is 14.6 Å². The van der Waals surface area contributed by atoms with Gasteiger partial charge in [0.2, 0.25) is 0 Å². The topological polar surface area (TPSA) is 107 Å². The van der Waals surface area contributed by atoms with E-state index in [0.29, 0.717) is 13.1 Å². The zero-order chi connectivity index (χ0) is 35.8. The molecule has 4 aromatic carbocycles. The van der Waals surface area contributed by atoms with E-state index in [1.807, 2.05) is 63.5 Å². The molecule has 0 radical (unpaired) electrons. The molecule has 1 amide bonds. The standard InChI is InChI=1S/C43H44N6O3/c1-43(2,3)52-42(51)49-22-8-12-38(49)41-45-26-36(47-41)34-20-19-32-23-31(17-18-33(32)24-34)28-13-15-29(16-14-28)35-25-44-40(46-35)37-11-7-21-48(37)27-39(50)30-9-5-4-6-10-30/h4-6,9-10,13-20,23-26,37-38H,7-8,11-12,21-22,27H2,1-3H3,(H,44,46)(H,45,47)/t37-,38-/m0/s1. The van der Waals surface area contributed by atoms with Crippen molar-refractivity contribution in [3.63, 3.8) is 0 Å². The quantitative estimate of drug-likeness (QED) is 0.154. The summed E-state index contributed by atoms with van der Waals surface area (Å²) in [5, 5.41) is 2.30. The van der Waals surface area contributed by atoms with E-state index < -0.39 is 5.60 Å². The van der Waals surface area contributed by atoms with Crippen molar-refractivity contribution in [1.82, 2.24) is 29.7 Å². The van der Waals surface area contributed by atoms with Crippen molar-refractivity contribution in [2.24, 2.45) is 0 Å². The molecule has 0 spiro atoms. The van der Waals surface area contributed by atoms with Crippen LogP contribution in [0.1, 0.15) is 80.5 Å². The van der Waals surface area contributed by atoms with Crippen LogP contribution in [0, 0.1) is 0 Å². The predicted octanol–water partition coefficient (Wildman–Crippen LogP) is 9.38. The van der Waals surface area contributed by atoms with Crippen molar-refractivity contribution in [3.05, 3.63) is 121 Å². The van der Waals surface area contributed by atoms with Crippen molar-refractivity contribution in [2.45, 2.75) is 64.1 Å². The fourth-order valence-corrected chi connectivity index (χ4v) is 7.56. The Bertz CT molecular complexity index is 2220. The average Bonchev–Trinajstić information content (AvgIpc) is 3.98. The van der Waals surface area contributed by atoms with Crippen molar-refractivity contribution in [1.29, 1.82) is 0 Å². The number of Topliss-reactive ketones (excluding diaryl/α,β-unsaturated/α-hetero) is 1. The Balaban J connectivity index is 0.939. The number of ketones is 1. The van der Waals surface area contributed by atoms with Gasteiger partial charge in [-0.05, 0) is 92.6 Å². The van der Waals surface area contributed by atoms with Gasteiger partial charge >= 0.3 is 6.09 Å². The second-order valence-corrected chi connectivity index (χ2v) is 15.0. The molecule has 0 bridgehead atoms. The Hall–Kier alpha value is -5.54. The molecule has 2 aromatic heterocycles. The van der Waals surface area contributed by atoms with E-state index >= 15 is 0 Å². The molecule has 2 N–H and O–H groups in total. The molecule has 9 heteroatoms. The first-order chi connectivity index (χ1) is 25.2. The minimum Gasteiger partial charge on any atom is -0.444 e. The van der Waals surface area contributed by atoms with Gasteiger partial charge in [-0.25, -0.2) is 14.8 Å². The number of amides is 1. The van der Waals surface area contributed by atoms with Gasteiger partial charge in [0, 0.05) is 17.7 Å². The number of imidazole rings is 2. The molecule has 2 aliphatic heterocycles.